The zero-order valence-electron chi connectivity index (χ0n) is 7.19. The van der Waals surface area contributed by atoms with Gasteiger partial charge in [-0.25, -0.2) is 0 Å². The lowest BCUT2D eigenvalue weighted by Gasteiger charge is -2.15. The maximum atomic E-state index is 11.3. The third kappa shape index (κ3) is 1.37. The van der Waals surface area contributed by atoms with E-state index < -0.39 is 5.91 Å². The van der Waals surface area contributed by atoms with Crippen molar-refractivity contribution < 1.29 is 9.59 Å². The lowest BCUT2D eigenvalue weighted by atomic mass is 10.5. The van der Waals surface area contributed by atoms with Crippen LogP contribution in [0.5, 0.6) is 0 Å². The fraction of sp³-hybridized carbons (Fsp3) is 0.556. The van der Waals surface area contributed by atoms with Crippen molar-refractivity contribution in [2.24, 2.45) is 0 Å². The average molecular weight is 178 g/mol. The second-order valence-electron chi connectivity index (χ2n) is 3.38. The molecule has 13 heavy (non-hydrogen) atoms. The van der Waals surface area contributed by atoms with Crippen LogP contribution >= 0.6 is 0 Å². The summed E-state index contributed by atoms with van der Waals surface area (Å²) in [6, 6.07) is 0.364. The Hall–Kier alpha value is -1.50. The summed E-state index contributed by atoms with van der Waals surface area (Å²) in [5.74, 6) is 1.64. The smallest absolute Gasteiger partial charge is 0.300 e. The van der Waals surface area contributed by atoms with Crippen molar-refractivity contribution in [2.45, 2.75) is 18.9 Å². The van der Waals surface area contributed by atoms with Crippen molar-refractivity contribution in [3.63, 3.8) is 0 Å². The summed E-state index contributed by atoms with van der Waals surface area (Å²) in [7, 11) is 0. The molecule has 68 valence electrons. The summed E-state index contributed by atoms with van der Waals surface area (Å²) >= 11 is 0. The standard InChI is InChI=1S/C9H10N2O2/c1-2-8(12)10-5-9(13)11(6-10)7-3-4-7/h1,7H,3-6H2. The molecule has 1 heterocycles. The summed E-state index contributed by atoms with van der Waals surface area (Å²) in [5, 5.41) is 0. The van der Waals surface area contributed by atoms with Gasteiger partial charge < -0.3 is 9.80 Å². The minimum Gasteiger partial charge on any atom is -0.320 e. The van der Waals surface area contributed by atoms with Gasteiger partial charge in [0, 0.05) is 6.04 Å². The minimum absolute atomic E-state index is 0.0195. The van der Waals surface area contributed by atoms with Gasteiger partial charge >= 0.3 is 0 Å². The van der Waals surface area contributed by atoms with Crippen LogP contribution in [0.3, 0.4) is 0 Å². The third-order valence-electron chi connectivity index (χ3n) is 2.37. The van der Waals surface area contributed by atoms with E-state index in [1.54, 1.807) is 4.90 Å². The first-order chi connectivity index (χ1) is 6.22. The molecule has 0 atom stereocenters. The molecule has 2 rings (SSSR count). The van der Waals surface area contributed by atoms with Crippen LogP contribution in [0.25, 0.3) is 0 Å². The first kappa shape index (κ1) is 8.11. The minimum atomic E-state index is -0.392. The number of hydrogen-bond donors (Lipinski definition) is 0. The van der Waals surface area contributed by atoms with Crippen LogP contribution in [0.1, 0.15) is 12.8 Å². The molecule has 0 bridgehead atoms. The van der Waals surface area contributed by atoms with Gasteiger partial charge in [0.2, 0.25) is 5.91 Å². The van der Waals surface area contributed by atoms with Gasteiger partial charge in [0.25, 0.3) is 5.91 Å². The predicted molar refractivity (Wildman–Crippen MR) is 45.3 cm³/mol. The van der Waals surface area contributed by atoms with Gasteiger partial charge in [-0.2, -0.15) is 0 Å². The van der Waals surface area contributed by atoms with E-state index >= 15 is 0 Å². The Morgan fingerprint density at radius 2 is 2.23 bits per heavy atom. The number of carbonyl (C=O) groups excluding carboxylic acids is 2. The van der Waals surface area contributed by atoms with Gasteiger partial charge in [-0.3, -0.25) is 9.59 Å². The summed E-state index contributed by atoms with van der Waals surface area (Å²) in [5.41, 5.74) is 0. The highest BCUT2D eigenvalue weighted by atomic mass is 16.2. The van der Waals surface area contributed by atoms with Crippen LogP contribution in [0, 0.1) is 12.3 Å². The molecule has 0 N–H and O–H groups in total. The summed E-state index contributed by atoms with van der Waals surface area (Å²) < 4.78 is 0. The summed E-state index contributed by atoms with van der Waals surface area (Å²) in [4.78, 5) is 25.5. The Labute approximate surface area is 76.5 Å². The number of carbonyl (C=O) groups is 2. The van der Waals surface area contributed by atoms with E-state index in [-0.39, 0.29) is 12.5 Å². The third-order valence-corrected chi connectivity index (χ3v) is 2.37. The van der Waals surface area contributed by atoms with Gasteiger partial charge in [-0.15, -0.1) is 6.42 Å². The number of nitrogens with zero attached hydrogens (tertiary/aromatic N) is 2. The van der Waals surface area contributed by atoms with Gasteiger partial charge in [0.1, 0.15) is 6.54 Å². The molecule has 4 heteroatoms. The highest BCUT2D eigenvalue weighted by Crippen LogP contribution is 2.29. The second-order valence-corrected chi connectivity index (χ2v) is 3.38. The molecule has 1 saturated heterocycles. The number of terminal acetylenes is 1. The molecular weight excluding hydrogens is 168 g/mol. The molecule has 0 unspecified atom stereocenters. The molecule has 2 amide bonds. The average Bonchev–Trinajstić information content (AvgIpc) is 2.89. The van der Waals surface area contributed by atoms with Crippen LogP contribution in [0.4, 0.5) is 0 Å². The summed E-state index contributed by atoms with van der Waals surface area (Å²) in [6.45, 7) is 0.534. The largest absolute Gasteiger partial charge is 0.320 e. The van der Waals surface area contributed by atoms with Crippen molar-refractivity contribution in [1.29, 1.82) is 0 Å². The maximum Gasteiger partial charge on any atom is 0.300 e. The van der Waals surface area contributed by atoms with Crippen LogP contribution in [-0.4, -0.2) is 40.9 Å². The highest BCUT2D eigenvalue weighted by molar-refractivity contribution is 5.97. The Morgan fingerprint density at radius 1 is 1.54 bits per heavy atom. The van der Waals surface area contributed by atoms with Crippen LogP contribution in [-0.2, 0) is 9.59 Å². The Bertz CT molecular complexity index is 301. The lowest BCUT2D eigenvalue weighted by Crippen LogP contribution is -2.31. The second kappa shape index (κ2) is 2.77. The molecule has 0 aromatic heterocycles. The van der Waals surface area contributed by atoms with E-state index in [4.69, 9.17) is 6.42 Å². The first-order valence-electron chi connectivity index (χ1n) is 4.27. The molecule has 0 spiro atoms. The fourth-order valence-corrected chi connectivity index (χ4v) is 1.50. The van der Waals surface area contributed by atoms with Gasteiger partial charge in [0.05, 0.1) is 6.67 Å². The molecule has 0 aromatic rings. The topological polar surface area (TPSA) is 40.6 Å². The predicted octanol–water partition coefficient (Wildman–Crippen LogP) is -0.590. The van der Waals surface area contributed by atoms with Crippen LogP contribution in [0.15, 0.2) is 0 Å². The van der Waals surface area contributed by atoms with Gasteiger partial charge in [-0.05, 0) is 18.8 Å². The molecule has 1 aliphatic heterocycles. The maximum absolute atomic E-state index is 11.3. The molecule has 0 radical (unpaired) electrons. The Kier molecular flexibility index (Phi) is 1.73. The van der Waals surface area contributed by atoms with E-state index in [0.29, 0.717) is 12.7 Å². The molecule has 0 aromatic carbocycles. The molecule has 2 aliphatic rings. The van der Waals surface area contributed by atoms with Crippen LogP contribution in [0.2, 0.25) is 0 Å². The Morgan fingerprint density at radius 3 is 2.77 bits per heavy atom. The van der Waals surface area contributed by atoms with Gasteiger partial charge in [0.15, 0.2) is 0 Å². The van der Waals surface area contributed by atoms with Crippen molar-refractivity contribution in [3.05, 3.63) is 0 Å². The molecule has 4 nitrogen and oxygen atoms in total. The Balaban J connectivity index is 2.02. The van der Waals surface area contributed by atoms with Crippen molar-refractivity contribution in [1.82, 2.24) is 9.80 Å². The quantitative estimate of drug-likeness (QED) is 0.503. The lowest BCUT2D eigenvalue weighted by molar-refractivity contribution is -0.128. The summed E-state index contributed by atoms with van der Waals surface area (Å²) in [6.07, 6.45) is 7.08. The zero-order valence-corrected chi connectivity index (χ0v) is 7.19. The SMILES string of the molecule is C#CC(=O)N1CC(=O)N(C2CC2)C1. The monoisotopic (exact) mass is 178 g/mol. The molecule has 1 saturated carbocycles. The van der Waals surface area contributed by atoms with Crippen molar-refractivity contribution in [2.75, 3.05) is 13.2 Å². The molecular formula is C9H10N2O2. The fourth-order valence-electron chi connectivity index (χ4n) is 1.50. The van der Waals surface area contributed by atoms with E-state index in [1.807, 2.05) is 5.92 Å². The first-order valence-corrected chi connectivity index (χ1v) is 4.27. The van der Waals surface area contributed by atoms with E-state index in [1.165, 1.54) is 4.90 Å². The van der Waals surface area contributed by atoms with Crippen molar-refractivity contribution >= 4 is 11.8 Å². The zero-order chi connectivity index (χ0) is 9.42. The molecule has 2 fully saturated rings. The highest BCUT2D eigenvalue weighted by Gasteiger charge is 2.39. The van der Waals surface area contributed by atoms with E-state index in [2.05, 4.69) is 0 Å². The normalized spacial score (nSPS) is 21.9. The van der Waals surface area contributed by atoms with Crippen LogP contribution < -0.4 is 0 Å². The van der Waals surface area contributed by atoms with E-state index in [0.717, 1.165) is 12.8 Å². The van der Waals surface area contributed by atoms with E-state index in [9.17, 15) is 9.59 Å². The number of amides is 2. The number of hydrogen-bond acceptors (Lipinski definition) is 2. The number of rotatable bonds is 1. The molecule has 1 aliphatic carbocycles. The van der Waals surface area contributed by atoms with Gasteiger partial charge in [-0.1, -0.05) is 0 Å². The van der Waals surface area contributed by atoms with Crippen molar-refractivity contribution in [3.8, 4) is 12.3 Å².